The molecule has 0 aromatic heterocycles. The van der Waals surface area contributed by atoms with Crippen molar-refractivity contribution in [2.45, 2.75) is 0 Å². The first-order chi connectivity index (χ1) is 23.7. The number of rotatable bonds is 6. The molecule has 0 aliphatic carbocycles. The molecule has 48 heavy (non-hydrogen) atoms. The number of hydrogen-bond acceptors (Lipinski definition) is 2. The van der Waals surface area contributed by atoms with Crippen LogP contribution in [-0.2, 0) is 0 Å². The third-order valence-corrected chi connectivity index (χ3v) is 9.09. The van der Waals surface area contributed by atoms with E-state index in [-0.39, 0.29) is 0 Å². The Morgan fingerprint density at radius 1 is 0.583 bits per heavy atom. The molecule has 0 bridgehead atoms. The second-order valence-electron chi connectivity index (χ2n) is 11.8. The van der Waals surface area contributed by atoms with E-state index in [1.807, 2.05) is 36.4 Å². The molecule has 2 heteroatoms. The summed E-state index contributed by atoms with van der Waals surface area (Å²) < 4.78 is 0. The van der Waals surface area contributed by atoms with Gasteiger partial charge in [0.25, 0.3) is 0 Å². The van der Waals surface area contributed by atoms with E-state index in [1.165, 1.54) is 5.39 Å². The summed E-state index contributed by atoms with van der Waals surface area (Å²) in [5.74, 6) is 0. The van der Waals surface area contributed by atoms with Gasteiger partial charge in [-0.2, -0.15) is 5.26 Å². The highest BCUT2D eigenvalue weighted by Gasteiger charge is 2.21. The van der Waals surface area contributed by atoms with Crippen molar-refractivity contribution in [2.24, 2.45) is 4.99 Å². The Hall–Kier alpha value is -6.56. The van der Waals surface area contributed by atoms with Crippen LogP contribution in [0.5, 0.6) is 0 Å². The number of benzene rings is 8. The standard InChI is InChI=1S/C46H30N2/c1-2-3-14-32-16-6-13-24-43(32)48-46(34-26-25-31-15-4-5-17-33(31)29-34)45-40-22-11-9-20-38(40)44(39-21-10-12-23-41(39)45)42-28-27-35(30-47)36-18-7-8-19-37(36)42/h2-29H,1H2/b14-3-,48-46?. The van der Waals surface area contributed by atoms with Crippen molar-refractivity contribution < 1.29 is 0 Å². The first-order valence-corrected chi connectivity index (χ1v) is 16.1. The lowest BCUT2D eigenvalue weighted by Gasteiger charge is -2.20. The fraction of sp³-hybridized carbons (Fsp3) is 0. The number of allylic oxidation sites excluding steroid dienone is 2. The predicted molar refractivity (Wildman–Crippen MR) is 204 cm³/mol. The van der Waals surface area contributed by atoms with Gasteiger partial charge in [-0.05, 0) is 67.0 Å². The van der Waals surface area contributed by atoms with Gasteiger partial charge >= 0.3 is 0 Å². The Morgan fingerprint density at radius 3 is 1.90 bits per heavy atom. The van der Waals surface area contributed by atoms with Crippen LogP contribution in [0.2, 0.25) is 0 Å². The van der Waals surface area contributed by atoms with Crippen LogP contribution >= 0.6 is 0 Å². The normalized spacial score (nSPS) is 11.9. The van der Waals surface area contributed by atoms with Gasteiger partial charge in [0.1, 0.15) is 0 Å². The van der Waals surface area contributed by atoms with E-state index in [4.69, 9.17) is 4.99 Å². The number of aliphatic imine (C=N–C) groups is 1. The first-order valence-electron chi connectivity index (χ1n) is 16.1. The molecule has 0 N–H and O–H groups in total. The molecule has 8 aromatic carbocycles. The first kappa shape index (κ1) is 28.9. The van der Waals surface area contributed by atoms with Gasteiger partial charge in [-0.3, -0.25) is 0 Å². The fourth-order valence-electron chi connectivity index (χ4n) is 6.91. The van der Waals surface area contributed by atoms with Gasteiger partial charge in [0, 0.05) is 22.1 Å². The highest BCUT2D eigenvalue weighted by atomic mass is 14.8. The molecule has 0 aliphatic rings. The minimum Gasteiger partial charge on any atom is -0.247 e. The number of hydrogen-bond donors (Lipinski definition) is 0. The Balaban J connectivity index is 1.51. The van der Waals surface area contributed by atoms with Gasteiger partial charge in [0.05, 0.1) is 23.0 Å². The van der Waals surface area contributed by atoms with Crippen LogP contribution in [0, 0.1) is 11.3 Å². The zero-order valence-electron chi connectivity index (χ0n) is 26.3. The van der Waals surface area contributed by atoms with Gasteiger partial charge in [-0.1, -0.05) is 158 Å². The topological polar surface area (TPSA) is 36.1 Å². The zero-order chi connectivity index (χ0) is 32.5. The number of nitriles is 1. The summed E-state index contributed by atoms with van der Waals surface area (Å²) in [4.78, 5) is 5.53. The summed E-state index contributed by atoms with van der Waals surface area (Å²) in [5, 5.41) is 18.8. The second-order valence-corrected chi connectivity index (χ2v) is 11.8. The minimum atomic E-state index is 0.675. The molecule has 0 heterocycles. The average molecular weight is 611 g/mol. The van der Waals surface area contributed by atoms with Crippen LogP contribution < -0.4 is 0 Å². The van der Waals surface area contributed by atoms with Crippen molar-refractivity contribution >= 4 is 60.6 Å². The van der Waals surface area contributed by atoms with Crippen LogP contribution in [0.25, 0.3) is 60.3 Å². The summed E-state index contributed by atoms with van der Waals surface area (Å²) in [7, 11) is 0. The summed E-state index contributed by atoms with van der Waals surface area (Å²) >= 11 is 0. The highest BCUT2D eigenvalue weighted by molar-refractivity contribution is 6.31. The van der Waals surface area contributed by atoms with Gasteiger partial charge in [0.2, 0.25) is 0 Å². The van der Waals surface area contributed by atoms with Crippen LogP contribution in [0.4, 0.5) is 5.69 Å². The van der Waals surface area contributed by atoms with Crippen molar-refractivity contribution in [1.82, 2.24) is 0 Å². The molecule has 8 rings (SSSR count). The average Bonchev–Trinajstić information content (AvgIpc) is 3.15. The van der Waals surface area contributed by atoms with Gasteiger partial charge < -0.3 is 0 Å². The van der Waals surface area contributed by atoms with E-state index in [9.17, 15) is 5.26 Å². The van der Waals surface area contributed by atoms with Crippen molar-refractivity contribution in [3.63, 3.8) is 0 Å². The summed E-state index contributed by atoms with van der Waals surface area (Å²) in [6, 6.07) is 55.3. The lowest BCUT2D eigenvalue weighted by atomic mass is 9.83. The molecule has 224 valence electrons. The van der Waals surface area contributed by atoms with Crippen LogP contribution in [-0.4, -0.2) is 5.71 Å². The van der Waals surface area contributed by atoms with Crippen LogP contribution in [0.1, 0.15) is 22.3 Å². The molecule has 8 aromatic rings. The second kappa shape index (κ2) is 12.3. The Kier molecular flexibility index (Phi) is 7.42. The van der Waals surface area contributed by atoms with E-state index in [0.717, 1.165) is 76.9 Å². The molecule has 0 amide bonds. The van der Waals surface area contributed by atoms with Gasteiger partial charge in [-0.15, -0.1) is 0 Å². The molecule has 0 spiro atoms. The summed E-state index contributed by atoms with van der Waals surface area (Å²) in [6.07, 6.45) is 5.79. The molecule has 0 aliphatic heterocycles. The lowest BCUT2D eigenvalue weighted by Crippen LogP contribution is -2.07. The molecule has 0 unspecified atom stereocenters. The molecule has 0 atom stereocenters. The molecular formula is C46H30N2. The molecule has 0 radical (unpaired) electrons. The lowest BCUT2D eigenvalue weighted by molar-refractivity contribution is 1.48. The van der Waals surface area contributed by atoms with Crippen LogP contribution in [0.3, 0.4) is 0 Å². The Morgan fingerprint density at radius 2 is 1.19 bits per heavy atom. The summed E-state index contributed by atoms with van der Waals surface area (Å²) in [6.45, 7) is 3.88. The minimum absolute atomic E-state index is 0.675. The van der Waals surface area contributed by atoms with Crippen molar-refractivity contribution in [1.29, 1.82) is 5.26 Å². The number of para-hydroxylation sites is 1. The zero-order valence-corrected chi connectivity index (χ0v) is 26.3. The van der Waals surface area contributed by atoms with Crippen molar-refractivity contribution in [2.75, 3.05) is 0 Å². The highest BCUT2D eigenvalue weighted by Crippen LogP contribution is 2.43. The largest absolute Gasteiger partial charge is 0.247 e. The van der Waals surface area contributed by atoms with Gasteiger partial charge in [-0.25, -0.2) is 4.99 Å². The fourth-order valence-corrected chi connectivity index (χ4v) is 6.91. The third-order valence-electron chi connectivity index (χ3n) is 9.09. The maximum Gasteiger partial charge on any atom is 0.0998 e. The predicted octanol–water partition coefficient (Wildman–Crippen LogP) is 12.2. The Labute approximate surface area is 279 Å². The van der Waals surface area contributed by atoms with E-state index in [1.54, 1.807) is 6.08 Å². The SMILES string of the molecule is C=C/C=C\c1ccccc1N=C(c1ccc2ccccc2c1)c1c2ccccc2c(-c2ccc(C#N)c3ccccc23)c2ccccc12. The van der Waals surface area contributed by atoms with Crippen molar-refractivity contribution in [3.05, 3.63) is 193 Å². The van der Waals surface area contributed by atoms with E-state index in [2.05, 4.69) is 140 Å². The monoisotopic (exact) mass is 610 g/mol. The van der Waals surface area contributed by atoms with E-state index >= 15 is 0 Å². The third kappa shape index (κ3) is 4.96. The quantitative estimate of drug-likeness (QED) is 0.105. The van der Waals surface area contributed by atoms with Gasteiger partial charge in [0.15, 0.2) is 0 Å². The number of nitrogens with zero attached hydrogens (tertiary/aromatic N) is 2. The van der Waals surface area contributed by atoms with E-state index in [0.29, 0.717) is 5.56 Å². The Bertz CT molecular complexity index is 2590. The molecule has 0 fully saturated rings. The molecule has 2 nitrogen and oxygen atoms in total. The van der Waals surface area contributed by atoms with Crippen molar-refractivity contribution in [3.8, 4) is 17.2 Å². The summed E-state index contributed by atoms with van der Waals surface area (Å²) in [5.41, 5.74) is 7.87. The molecule has 0 saturated heterocycles. The maximum absolute atomic E-state index is 9.93. The van der Waals surface area contributed by atoms with E-state index < -0.39 is 0 Å². The maximum atomic E-state index is 9.93. The smallest absolute Gasteiger partial charge is 0.0998 e. The molecule has 0 saturated carbocycles. The van der Waals surface area contributed by atoms with Crippen LogP contribution in [0.15, 0.2) is 175 Å². The number of fused-ring (bicyclic) bond motifs is 4. The molecular weight excluding hydrogens is 581 g/mol.